The third-order valence-corrected chi connectivity index (χ3v) is 5.87. The van der Waals surface area contributed by atoms with Gasteiger partial charge < -0.3 is 9.52 Å². The smallest absolute Gasteiger partial charge is 0.0935 e. The van der Waals surface area contributed by atoms with E-state index in [1.807, 2.05) is 6.07 Å². The van der Waals surface area contributed by atoms with Crippen molar-refractivity contribution in [2.45, 2.75) is 52.1 Å². The Balaban J connectivity index is 1.99. The van der Waals surface area contributed by atoms with E-state index in [2.05, 4.69) is 20.8 Å². The largest absolute Gasteiger partial charge is 0.472 e. The molecule has 2 aliphatic rings. The van der Waals surface area contributed by atoms with Gasteiger partial charge in [0.15, 0.2) is 0 Å². The summed E-state index contributed by atoms with van der Waals surface area (Å²) in [4.78, 5) is 0. The first-order valence-corrected chi connectivity index (χ1v) is 6.63. The molecule has 17 heavy (non-hydrogen) atoms. The molecule has 2 aliphatic carbocycles. The molecular formula is C15H22O2. The van der Waals surface area contributed by atoms with Crippen LogP contribution in [0.5, 0.6) is 0 Å². The van der Waals surface area contributed by atoms with Crippen molar-refractivity contribution in [3.05, 3.63) is 24.2 Å². The minimum absolute atomic E-state index is 0.0112. The summed E-state index contributed by atoms with van der Waals surface area (Å²) >= 11 is 0. The normalized spacial score (nSPS) is 43.2. The molecule has 3 rings (SSSR count). The molecular weight excluding hydrogens is 212 g/mol. The molecule has 0 saturated heterocycles. The highest BCUT2D eigenvalue weighted by atomic mass is 16.3. The standard InChI is InChI=1S/C15H22O2/c1-13(2)12-4-6-14(3,9-12)15(13,16)8-11-5-7-17-10-11/h5,7,10,12,16H,4,6,8-9H2,1-3H3. The first-order chi connectivity index (χ1) is 7.89. The van der Waals surface area contributed by atoms with E-state index < -0.39 is 5.60 Å². The Kier molecular flexibility index (Phi) is 2.11. The van der Waals surface area contributed by atoms with Crippen molar-refractivity contribution < 1.29 is 9.52 Å². The van der Waals surface area contributed by atoms with Crippen molar-refractivity contribution in [2.24, 2.45) is 16.7 Å². The second-order valence-electron chi connectivity index (χ2n) is 6.89. The summed E-state index contributed by atoms with van der Waals surface area (Å²) in [6.45, 7) is 6.74. The molecule has 1 aromatic heterocycles. The lowest BCUT2D eigenvalue weighted by Gasteiger charge is -2.50. The summed E-state index contributed by atoms with van der Waals surface area (Å²) in [6, 6.07) is 1.98. The highest BCUT2D eigenvalue weighted by molar-refractivity contribution is 5.23. The maximum absolute atomic E-state index is 11.3. The number of hydrogen-bond acceptors (Lipinski definition) is 2. The average molecular weight is 234 g/mol. The second kappa shape index (κ2) is 3.17. The molecule has 2 heteroatoms. The fourth-order valence-corrected chi connectivity index (χ4v) is 4.48. The molecule has 3 atom stereocenters. The maximum atomic E-state index is 11.3. The fraction of sp³-hybridized carbons (Fsp3) is 0.733. The Morgan fingerprint density at radius 1 is 1.41 bits per heavy atom. The van der Waals surface area contributed by atoms with Crippen LogP contribution in [0.2, 0.25) is 0 Å². The molecule has 1 heterocycles. The summed E-state index contributed by atoms with van der Waals surface area (Å²) in [7, 11) is 0. The summed E-state index contributed by atoms with van der Waals surface area (Å²) < 4.78 is 5.14. The molecule has 2 bridgehead atoms. The number of hydrogen-bond donors (Lipinski definition) is 1. The first kappa shape index (κ1) is 11.3. The first-order valence-electron chi connectivity index (χ1n) is 6.63. The molecule has 2 nitrogen and oxygen atoms in total. The van der Waals surface area contributed by atoms with Crippen molar-refractivity contribution in [3.8, 4) is 0 Å². The zero-order chi connectivity index (χ0) is 12.3. The van der Waals surface area contributed by atoms with Crippen LogP contribution < -0.4 is 0 Å². The quantitative estimate of drug-likeness (QED) is 0.850. The van der Waals surface area contributed by atoms with Gasteiger partial charge in [-0.3, -0.25) is 0 Å². The molecule has 1 N–H and O–H groups in total. The predicted molar refractivity (Wildman–Crippen MR) is 66.6 cm³/mol. The van der Waals surface area contributed by atoms with Gasteiger partial charge in [0, 0.05) is 6.42 Å². The highest BCUT2D eigenvalue weighted by Crippen LogP contribution is 2.68. The van der Waals surface area contributed by atoms with Crippen LogP contribution in [0.15, 0.2) is 23.0 Å². The summed E-state index contributed by atoms with van der Waals surface area (Å²) in [5, 5.41) is 11.3. The Bertz CT molecular complexity index is 413. The summed E-state index contributed by atoms with van der Waals surface area (Å²) in [5.41, 5.74) is 0.622. The van der Waals surface area contributed by atoms with Gasteiger partial charge in [-0.25, -0.2) is 0 Å². The van der Waals surface area contributed by atoms with Crippen molar-refractivity contribution >= 4 is 0 Å². The van der Waals surface area contributed by atoms with Crippen molar-refractivity contribution in [1.29, 1.82) is 0 Å². The number of rotatable bonds is 2. The zero-order valence-corrected chi connectivity index (χ0v) is 11.0. The number of aliphatic hydroxyl groups is 1. The molecule has 3 unspecified atom stereocenters. The van der Waals surface area contributed by atoms with Crippen LogP contribution in [-0.4, -0.2) is 10.7 Å². The minimum atomic E-state index is -0.590. The third-order valence-electron chi connectivity index (χ3n) is 5.87. The lowest BCUT2D eigenvalue weighted by Crippen LogP contribution is -2.55. The third kappa shape index (κ3) is 1.25. The van der Waals surface area contributed by atoms with Crippen LogP contribution in [-0.2, 0) is 6.42 Å². The zero-order valence-electron chi connectivity index (χ0n) is 11.0. The van der Waals surface area contributed by atoms with Gasteiger partial charge in [-0.2, -0.15) is 0 Å². The molecule has 0 aliphatic heterocycles. The Morgan fingerprint density at radius 3 is 2.71 bits per heavy atom. The molecule has 1 aromatic rings. The van der Waals surface area contributed by atoms with E-state index in [0.29, 0.717) is 5.92 Å². The molecule has 0 spiro atoms. The van der Waals surface area contributed by atoms with Crippen LogP contribution in [0.25, 0.3) is 0 Å². The van der Waals surface area contributed by atoms with Gasteiger partial charge >= 0.3 is 0 Å². The highest BCUT2D eigenvalue weighted by Gasteiger charge is 2.67. The maximum Gasteiger partial charge on any atom is 0.0935 e. The van der Waals surface area contributed by atoms with Crippen LogP contribution in [0.3, 0.4) is 0 Å². The van der Waals surface area contributed by atoms with E-state index in [1.165, 1.54) is 12.8 Å². The van der Waals surface area contributed by atoms with Gasteiger partial charge in [-0.1, -0.05) is 20.8 Å². The SMILES string of the molecule is CC12CCC(C1)C(C)(C)C2(O)Cc1ccoc1. The Morgan fingerprint density at radius 2 is 2.18 bits per heavy atom. The number of fused-ring (bicyclic) bond motifs is 2. The van der Waals surface area contributed by atoms with Crippen molar-refractivity contribution in [3.63, 3.8) is 0 Å². The molecule has 2 fully saturated rings. The summed E-state index contributed by atoms with van der Waals surface area (Å²) in [6.07, 6.45) is 7.80. The summed E-state index contributed by atoms with van der Waals surface area (Å²) in [5.74, 6) is 0.671. The second-order valence-corrected chi connectivity index (χ2v) is 6.89. The lowest BCUT2D eigenvalue weighted by molar-refractivity contribution is -0.141. The Hall–Kier alpha value is -0.760. The van der Waals surface area contributed by atoms with E-state index in [1.54, 1.807) is 12.5 Å². The van der Waals surface area contributed by atoms with E-state index in [9.17, 15) is 5.11 Å². The van der Waals surface area contributed by atoms with Crippen LogP contribution in [0.1, 0.15) is 45.6 Å². The molecule has 2 saturated carbocycles. The average Bonchev–Trinajstić information content (AvgIpc) is 2.89. The fourth-order valence-electron chi connectivity index (χ4n) is 4.48. The minimum Gasteiger partial charge on any atom is -0.472 e. The molecule has 0 amide bonds. The lowest BCUT2D eigenvalue weighted by atomic mass is 9.58. The van der Waals surface area contributed by atoms with E-state index in [-0.39, 0.29) is 10.8 Å². The predicted octanol–water partition coefficient (Wildman–Crippen LogP) is 3.40. The Labute approximate surface area is 103 Å². The van der Waals surface area contributed by atoms with Gasteiger partial charge in [-0.05, 0) is 47.6 Å². The van der Waals surface area contributed by atoms with E-state index >= 15 is 0 Å². The molecule has 94 valence electrons. The molecule has 0 aromatic carbocycles. The topological polar surface area (TPSA) is 33.4 Å². The van der Waals surface area contributed by atoms with Gasteiger partial charge in [0.25, 0.3) is 0 Å². The van der Waals surface area contributed by atoms with Crippen LogP contribution in [0, 0.1) is 16.7 Å². The van der Waals surface area contributed by atoms with Crippen LogP contribution in [0.4, 0.5) is 0 Å². The van der Waals surface area contributed by atoms with Crippen molar-refractivity contribution in [2.75, 3.05) is 0 Å². The van der Waals surface area contributed by atoms with Gasteiger partial charge in [0.05, 0.1) is 18.1 Å². The van der Waals surface area contributed by atoms with Gasteiger partial charge in [0.1, 0.15) is 0 Å². The van der Waals surface area contributed by atoms with Crippen LogP contribution >= 0.6 is 0 Å². The van der Waals surface area contributed by atoms with E-state index in [4.69, 9.17) is 4.42 Å². The van der Waals surface area contributed by atoms with Crippen molar-refractivity contribution in [1.82, 2.24) is 0 Å². The van der Waals surface area contributed by atoms with E-state index in [0.717, 1.165) is 18.4 Å². The van der Waals surface area contributed by atoms with Gasteiger partial charge in [0.2, 0.25) is 0 Å². The molecule has 0 radical (unpaired) electrons. The monoisotopic (exact) mass is 234 g/mol. The number of furan rings is 1. The van der Waals surface area contributed by atoms with Gasteiger partial charge in [-0.15, -0.1) is 0 Å².